The van der Waals surface area contributed by atoms with Crippen molar-refractivity contribution in [3.8, 4) is 0 Å². The number of nitrogens with one attached hydrogen (secondary N) is 1. The number of rotatable bonds is 2. The van der Waals surface area contributed by atoms with Gasteiger partial charge in [0.1, 0.15) is 4.99 Å². The van der Waals surface area contributed by atoms with Crippen LogP contribution >= 0.6 is 12.2 Å². The van der Waals surface area contributed by atoms with Crippen LogP contribution in [0.2, 0.25) is 0 Å². The molecule has 0 aliphatic rings. The summed E-state index contributed by atoms with van der Waals surface area (Å²) in [6.07, 6.45) is 0. The van der Waals surface area contributed by atoms with Gasteiger partial charge in [-0.25, -0.2) is 5.84 Å². The van der Waals surface area contributed by atoms with Gasteiger partial charge < -0.3 is 11.2 Å². The minimum Gasteiger partial charge on any atom is -0.398 e. The van der Waals surface area contributed by atoms with E-state index in [9.17, 15) is 10.1 Å². The standard InChI is InChI=1S/C7H8N4O2S/c8-6-3-4(11(12)13)1-2-5(6)7(14)10-9/h1-3H,8-9H2,(H,10,14). The quantitative estimate of drug-likeness (QED) is 0.214. The maximum atomic E-state index is 10.4. The summed E-state index contributed by atoms with van der Waals surface area (Å²) in [5.74, 6) is 5.09. The summed E-state index contributed by atoms with van der Waals surface area (Å²) < 4.78 is 0. The van der Waals surface area contributed by atoms with Gasteiger partial charge in [-0.3, -0.25) is 10.1 Å². The molecule has 0 saturated heterocycles. The first-order valence-corrected chi connectivity index (χ1v) is 4.02. The number of anilines is 1. The van der Waals surface area contributed by atoms with Gasteiger partial charge in [-0.15, -0.1) is 0 Å². The van der Waals surface area contributed by atoms with Gasteiger partial charge in [0.2, 0.25) is 0 Å². The molecular formula is C7H8N4O2S. The zero-order chi connectivity index (χ0) is 10.7. The second-order valence-electron chi connectivity index (χ2n) is 2.50. The Kier molecular flexibility index (Phi) is 2.95. The van der Waals surface area contributed by atoms with Crippen LogP contribution in [0.3, 0.4) is 0 Å². The molecular weight excluding hydrogens is 204 g/mol. The molecule has 0 aromatic heterocycles. The lowest BCUT2D eigenvalue weighted by atomic mass is 10.1. The van der Waals surface area contributed by atoms with E-state index in [0.29, 0.717) is 5.56 Å². The Bertz CT molecular complexity index is 393. The van der Waals surface area contributed by atoms with E-state index in [2.05, 4.69) is 5.43 Å². The molecule has 74 valence electrons. The molecule has 7 heteroatoms. The van der Waals surface area contributed by atoms with Crippen LogP contribution < -0.4 is 17.0 Å². The first-order valence-electron chi connectivity index (χ1n) is 3.61. The van der Waals surface area contributed by atoms with E-state index < -0.39 is 4.92 Å². The van der Waals surface area contributed by atoms with Crippen LogP contribution in [0.5, 0.6) is 0 Å². The van der Waals surface area contributed by atoms with Gasteiger partial charge in [0.05, 0.1) is 4.92 Å². The highest BCUT2D eigenvalue weighted by Crippen LogP contribution is 2.19. The van der Waals surface area contributed by atoms with Crippen molar-refractivity contribution >= 4 is 28.6 Å². The van der Waals surface area contributed by atoms with E-state index in [1.807, 2.05) is 0 Å². The molecule has 0 atom stereocenters. The number of non-ortho nitro benzene ring substituents is 1. The van der Waals surface area contributed by atoms with Gasteiger partial charge in [0.15, 0.2) is 0 Å². The van der Waals surface area contributed by atoms with Crippen molar-refractivity contribution in [3.63, 3.8) is 0 Å². The van der Waals surface area contributed by atoms with Crippen LogP contribution in [0.4, 0.5) is 11.4 Å². The number of nitrogens with two attached hydrogens (primary N) is 2. The number of thiocarbonyl (C=S) groups is 1. The summed E-state index contributed by atoms with van der Waals surface area (Å²) in [7, 11) is 0. The number of nitrogen functional groups attached to an aromatic ring is 1. The number of hydrogen-bond donors (Lipinski definition) is 3. The molecule has 0 fully saturated rings. The van der Waals surface area contributed by atoms with Crippen LogP contribution in [0.25, 0.3) is 0 Å². The number of nitro benzene ring substituents is 1. The molecule has 0 aliphatic heterocycles. The Labute approximate surface area is 85.0 Å². The molecule has 1 aromatic carbocycles. The fourth-order valence-corrected chi connectivity index (χ4v) is 1.13. The second-order valence-corrected chi connectivity index (χ2v) is 2.91. The van der Waals surface area contributed by atoms with Crippen molar-refractivity contribution in [2.24, 2.45) is 5.84 Å². The topological polar surface area (TPSA) is 107 Å². The SMILES string of the molecule is NNC(=S)c1ccc([N+](=O)[O-])cc1N. The van der Waals surface area contributed by atoms with Gasteiger partial charge in [0, 0.05) is 23.4 Å². The highest BCUT2D eigenvalue weighted by atomic mass is 32.1. The monoisotopic (exact) mass is 212 g/mol. The van der Waals surface area contributed by atoms with Crippen LogP contribution in [-0.2, 0) is 0 Å². The number of nitrogens with zero attached hydrogens (tertiary/aromatic N) is 1. The molecule has 0 unspecified atom stereocenters. The van der Waals surface area contributed by atoms with Crippen molar-refractivity contribution in [2.75, 3.05) is 5.73 Å². The molecule has 6 nitrogen and oxygen atoms in total. The van der Waals surface area contributed by atoms with Crippen molar-refractivity contribution in [1.82, 2.24) is 5.43 Å². The van der Waals surface area contributed by atoms with Crippen LogP contribution in [-0.4, -0.2) is 9.91 Å². The summed E-state index contributed by atoms with van der Waals surface area (Å²) in [5, 5.41) is 10.4. The lowest BCUT2D eigenvalue weighted by Crippen LogP contribution is -2.29. The largest absolute Gasteiger partial charge is 0.398 e. The molecule has 0 amide bonds. The maximum Gasteiger partial charge on any atom is 0.271 e. The van der Waals surface area contributed by atoms with Crippen molar-refractivity contribution < 1.29 is 4.92 Å². The van der Waals surface area contributed by atoms with E-state index in [-0.39, 0.29) is 16.4 Å². The number of nitro groups is 1. The summed E-state index contributed by atoms with van der Waals surface area (Å²) in [5.41, 5.74) is 8.43. The predicted molar refractivity (Wildman–Crippen MR) is 56.5 cm³/mol. The Hall–Kier alpha value is -1.73. The van der Waals surface area contributed by atoms with E-state index >= 15 is 0 Å². The first-order chi connectivity index (χ1) is 6.56. The smallest absolute Gasteiger partial charge is 0.271 e. The minimum atomic E-state index is -0.529. The maximum absolute atomic E-state index is 10.4. The van der Waals surface area contributed by atoms with E-state index in [1.54, 1.807) is 0 Å². The average Bonchev–Trinajstić information content (AvgIpc) is 2.16. The Balaban J connectivity index is 3.14. The molecule has 14 heavy (non-hydrogen) atoms. The third kappa shape index (κ3) is 1.95. The molecule has 5 N–H and O–H groups in total. The molecule has 0 radical (unpaired) electrons. The average molecular weight is 212 g/mol. The van der Waals surface area contributed by atoms with E-state index in [0.717, 1.165) is 0 Å². The molecule has 0 aliphatic carbocycles. The number of benzene rings is 1. The Morgan fingerprint density at radius 2 is 2.21 bits per heavy atom. The first kappa shape index (κ1) is 10.4. The van der Waals surface area contributed by atoms with Gasteiger partial charge >= 0.3 is 0 Å². The van der Waals surface area contributed by atoms with Crippen molar-refractivity contribution in [2.45, 2.75) is 0 Å². The molecule has 1 rings (SSSR count). The molecule has 1 aromatic rings. The van der Waals surface area contributed by atoms with E-state index in [1.165, 1.54) is 18.2 Å². The van der Waals surface area contributed by atoms with E-state index in [4.69, 9.17) is 23.8 Å². The van der Waals surface area contributed by atoms with Crippen LogP contribution in [0.15, 0.2) is 18.2 Å². The lowest BCUT2D eigenvalue weighted by molar-refractivity contribution is -0.384. The minimum absolute atomic E-state index is 0.0777. The lowest BCUT2D eigenvalue weighted by Gasteiger charge is -2.05. The third-order valence-corrected chi connectivity index (χ3v) is 1.96. The fourth-order valence-electron chi connectivity index (χ4n) is 0.948. The number of hydrogen-bond acceptors (Lipinski definition) is 5. The van der Waals surface area contributed by atoms with Crippen molar-refractivity contribution in [1.29, 1.82) is 0 Å². The van der Waals surface area contributed by atoms with Crippen LogP contribution in [0, 0.1) is 10.1 Å². The second kappa shape index (κ2) is 3.99. The molecule has 0 saturated carbocycles. The molecule has 0 bridgehead atoms. The van der Waals surface area contributed by atoms with Gasteiger partial charge in [-0.1, -0.05) is 12.2 Å². The fraction of sp³-hybridized carbons (Fsp3) is 0. The van der Waals surface area contributed by atoms with Crippen molar-refractivity contribution in [3.05, 3.63) is 33.9 Å². The highest BCUT2D eigenvalue weighted by molar-refractivity contribution is 7.80. The highest BCUT2D eigenvalue weighted by Gasteiger charge is 2.10. The van der Waals surface area contributed by atoms with Gasteiger partial charge in [0.25, 0.3) is 5.69 Å². The van der Waals surface area contributed by atoms with Gasteiger partial charge in [-0.2, -0.15) is 0 Å². The zero-order valence-electron chi connectivity index (χ0n) is 7.06. The Morgan fingerprint density at radius 1 is 1.57 bits per heavy atom. The zero-order valence-corrected chi connectivity index (χ0v) is 7.88. The normalized spacial score (nSPS) is 9.50. The summed E-state index contributed by atoms with van der Waals surface area (Å²) in [6, 6.07) is 4.00. The molecule has 0 heterocycles. The summed E-state index contributed by atoms with van der Waals surface area (Å²) in [6.45, 7) is 0. The van der Waals surface area contributed by atoms with Gasteiger partial charge in [-0.05, 0) is 6.07 Å². The molecule has 0 spiro atoms. The Morgan fingerprint density at radius 3 is 2.64 bits per heavy atom. The summed E-state index contributed by atoms with van der Waals surface area (Å²) in [4.78, 5) is 10.1. The predicted octanol–water partition coefficient (Wildman–Crippen LogP) is 0.316. The summed E-state index contributed by atoms with van der Waals surface area (Å²) >= 11 is 4.83. The number of hydrazine groups is 1. The third-order valence-electron chi connectivity index (χ3n) is 1.62. The van der Waals surface area contributed by atoms with Crippen LogP contribution in [0.1, 0.15) is 5.56 Å².